The normalized spacial score (nSPS) is 13.2. The molecule has 0 aliphatic rings. The van der Waals surface area contributed by atoms with Crippen molar-refractivity contribution in [1.82, 2.24) is 10.6 Å². The first-order valence-electron chi connectivity index (χ1n) is 3.52. The highest BCUT2D eigenvalue weighted by molar-refractivity contribution is 6.31. The van der Waals surface area contributed by atoms with Crippen LogP contribution in [0.1, 0.15) is 6.92 Å². The van der Waals surface area contributed by atoms with E-state index in [9.17, 15) is 22.8 Å². The molecule has 3 amide bonds. The molecule has 0 fully saturated rings. The van der Waals surface area contributed by atoms with Gasteiger partial charge in [-0.15, -0.1) is 11.6 Å². The molecule has 0 aromatic rings. The molecule has 8 heteroatoms. The SMILES string of the molecule is CC(Cl)C(=O)NC(=O)NCC(F)(F)F. The zero-order chi connectivity index (χ0) is 11.4. The van der Waals surface area contributed by atoms with E-state index in [2.05, 4.69) is 0 Å². The van der Waals surface area contributed by atoms with E-state index in [1.807, 2.05) is 0 Å². The molecule has 0 aromatic heterocycles. The Kier molecular flexibility index (Phi) is 4.69. The van der Waals surface area contributed by atoms with Crippen molar-refractivity contribution in [3.8, 4) is 0 Å². The lowest BCUT2D eigenvalue weighted by molar-refractivity contribution is -0.124. The van der Waals surface area contributed by atoms with E-state index in [4.69, 9.17) is 11.6 Å². The molecule has 0 rings (SSSR count). The van der Waals surface area contributed by atoms with Crippen molar-refractivity contribution in [1.29, 1.82) is 0 Å². The summed E-state index contributed by atoms with van der Waals surface area (Å²) in [6.45, 7) is -0.212. The molecule has 0 bridgehead atoms. The summed E-state index contributed by atoms with van der Waals surface area (Å²) in [6, 6.07) is -1.22. The third-order valence-electron chi connectivity index (χ3n) is 1.05. The fourth-order valence-electron chi connectivity index (χ4n) is 0.436. The highest BCUT2D eigenvalue weighted by Crippen LogP contribution is 2.11. The molecule has 0 radical (unpaired) electrons. The van der Waals surface area contributed by atoms with Crippen LogP contribution < -0.4 is 10.6 Å². The number of rotatable bonds is 2. The zero-order valence-corrected chi connectivity index (χ0v) is 7.87. The number of hydrogen-bond donors (Lipinski definition) is 2. The van der Waals surface area contributed by atoms with Gasteiger partial charge in [-0.05, 0) is 6.92 Å². The molecule has 82 valence electrons. The van der Waals surface area contributed by atoms with E-state index in [-0.39, 0.29) is 0 Å². The summed E-state index contributed by atoms with van der Waals surface area (Å²) in [4.78, 5) is 21.3. The van der Waals surface area contributed by atoms with E-state index >= 15 is 0 Å². The molecule has 0 saturated heterocycles. The summed E-state index contributed by atoms with van der Waals surface area (Å²) in [5.74, 6) is -0.855. The van der Waals surface area contributed by atoms with Crippen LogP contribution in [0.15, 0.2) is 0 Å². The van der Waals surface area contributed by atoms with Gasteiger partial charge in [0.05, 0.1) is 0 Å². The Morgan fingerprint density at radius 1 is 1.43 bits per heavy atom. The lowest BCUT2D eigenvalue weighted by Crippen LogP contribution is -2.45. The summed E-state index contributed by atoms with van der Waals surface area (Å²) < 4.78 is 34.7. The van der Waals surface area contributed by atoms with Crippen molar-refractivity contribution < 1.29 is 22.8 Å². The van der Waals surface area contributed by atoms with Crippen molar-refractivity contribution in [3.05, 3.63) is 0 Å². The van der Waals surface area contributed by atoms with E-state index in [0.717, 1.165) is 0 Å². The minimum Gasteiger partial charge on any atom is -0.329 e. The van der Waals surface area contributed by atoms with Gasteiger partial charge in [-0.2, -0.15) is 13.2 Å². The van der Waals surface area contributed by atoms with E-state index in [0.29, 0.717) is 0 Å². The van der Waals surface area contributed by atoms with Gasteiger partial charge in [-0.25, -0.2) is 4.79 Å². The van der Waals surface area contributed by atoms with Crippen LogP contribution in [-0.4, -0.2) is 30.0 Å². The van der Waals surface area contributed by atoms with Crippen molar-refractivity contribution in [3.63, 3.8) is 0 Å². The van der Waals surface area contributed by atoms with Crippen LogP contribution >= 0.6 is 11.6 Å². The Bertz CT molecular complexity index is 230. The first-order valence-corrected chi connectivity index (χ1v) is 3.95. The topological polar surface area (TPSA) is 58.2 Å². The van der Waals surface area contributed by atoms with Gasteiger partial charge in [0.25, 0.3) is 0 Å². The fraction of sp³-hybridized carbons (Fsp3) is 0.667. The Balaban J connectivity index is 3.83. The van der Waals surface area contributed by atoms with Crippen LogP contribution in [-0.2, 0) is 4.79 Å². The highest BCUT2D eigenvalue weighted by atomic mass is 35.5. The number of imide groups is 1. The van der Waals surface area contributed by atoms with Gasteiger partial charge in [0.1, 0.15) is 11.9 Å². The van der Waals surface area contributed by atoms with Crippen molar-refractivity contribution in [2.45, 2.75) is 18.5 Å². The average Bonchev–Trinajstić information content (AvgIpc) is 1.99. The smallest absolute Gasteiger partial charge is 0.329 e. The predicted molar refractivity (Wildman–Crippen MR) is 42.9 cm³/mol. The Morgan fingerprint density at radius 2 is 1.93 bits per heavy atom. The number of carbonyl (C=O) groups excluding carboxylic acids is 2. The third kappa shape index (κ3) is 6.53. The van der Waals surface area contributed by atoms with E-state index < -0.39 is 30.0 Å². The second-order valence-corrected chi connectivity index (χ2v) is 3.06. The van der Waals surface area contributed by atoms with Gasteiger partial charge in [0.15, 0.2) is 0 Å². The Morgan fingerprint density at radius 3 is 2.29 bits per heavy atom. The molecule has 4 nitrogen and oxygen atoms in total. The zero-order valence-electron chi connectivity index (χ0n) is 7.11. The molecule has 0 aromatic carbocycles. The molecule has 0 aliphatic heterocycles. The fourth-order valence-corrected chi connectivity index (χ4v) is 0.491. The lowest BCUT2D eigenvalue weighted by atomic mass is 10.4. The van der Waals surface area contributed by atoms with Crippen LogP contribution in [0.2, 0.25) is 0 Å². The number of urea groups is 1. The largest absolute Gasteiger partial charge is 0.405 e. The molecule has 0 spiro atoms. The summed E-state index contributed by atoms with van der Waals surface area (Å²) in [7, 11) is 0. The van der Waals surface area contributed by atoms with Crippen LogP contribution in [0, 0.1) is 0 Å². The predicted octanol–water partition coefficient (Wildman–Crippen LogP) is 1.00. The van der Waals surface area contributed by atoms with Crippen LogP contribution in [0.5, 0.6) is 0 Å². The maximum Gasteiger partial charge on any atom is 0.405 e. The summed E-state index contributed by atoms with van der Waals surface area (Å²) in [6.07, 6.45) is -4.51. The summed E-state index contributed by atoms with van der Waals surface area (Å²) in [5.41, 5.74) is 0. The highest BCUT2D eigenvalue weighted by Gasteiger charge is 2.28. The van der Waals surface area contributed by atoms with Crippen LogP contribution in [0.3, 0.4) is 0 Å². The van der Waals surface area contributed by atoms with Crippen LogP contribution in [0.4, 0.5) is 18.0 Å². The molecule has 0 saturated carbocycles. The van der Waals surface area contributed by atoms with Gasteiger partial charge in [-0.3, -0.25) is 10.1 Å². The Labute approximate surface area is 82.8 Å². The number of nitrogens with one attached hydrogen (secondary N) is 2. The third-order valence-corrected chi connectivity index (χ3v) is 1.25. The van der Waals surface area contributed by atoms with Crippen molar-refractivity contribution >= 4 is 23.5 Å². The monoisotopic (exact) mass is 232 g/mol. The molecular formula is C6H8ClF3N2O2. The van der Waals surface area contributed by atoms with E-state index in [1.165, 1.54) is 12.2 Å². The van der Waals surface area contributed by atoms with Gasteiger partial charge in [-0.1, -0.05) is 0 Å². The lowest BCUT2D eigenvalue weighted by Gasteiger charge is -2.09. The number of alkyl halides is 4. The molecule has 1 atom stereocenters. The van der Waals surface area contributed by atoms with Crippen molar-refractivity contribution in [2.75, 3.05) is 6.54 Å². The van der Waals surface area contributed by atoms with Gasteiger partial charge < -0.3 is 5.32 Å². The molecular weight excluding hydrogens is 225 g/mol. The minimum atomic E-state index is -4.51. The molecule has 2 N–H and O–H groups in total. The molecule has 14 heavy (non-hydrogen) atoms. The number of hydrogen-bond acceptors (Lipinski definition) is 2. The van der Waals surface area contributed by atoms with E-state index in [1.54, 1.807) is 5.32 Å². The minimum absolute atomic E-state index is 0.855. The number of carbonyl (C=O) groups is 2. The number of amides is 3. The molecule has 1 unspecified atom stereocenters. The summed E-state index contributed by atoms with van der Waals surface area (Å²) in [5, 5.41) is 2.10. The first-order chi connectivity index (χ1) is 6.22. The Hall–Kier alpha value is -0.980. The quantitative estimate of drug-likeness (QED) is 0.698. The van der Waals surface area contributed by atoms with Gasteiger partial charge in [0, 0.05) is 0 Å². The molecule has 0 heterocycles. The number of halogens is 4. The molecule has 0 aliphatic carbocycles. The average molecular weight is 233 g/mol. The maximum atomic E-state index is 11.6. The summed E-state index contributed by atoms with van der Waals surface area (Å²) >= 11 is 5.25. The second kappa shape index (κ2) is 5.04. The van der Waals surface area contributed by atoms with Gasteiger partial charge in [0.2, 0.25) is 5.91 Å². The maximum absolute atomic E-state index is 11.6. The first kappa shape index (κ1) is 13.0. The van der Waals surface area contributed by atoms with Gasteiger partial charge >= 0.3 is 12.2 Å². The van der Waals surface area contributed by atoms with Crippen molar-refractivity contribution in [2.24, 2.45) is 0 Å². The van der Waals surface area contributed by atoms with Crippen LogP contribution in [0.25, 0.3) is 0 Å². The standard InChI is InChI=1S/C6H8ClF3N2O2/c1-3(7)4(13)12-5(14)11-2-6(8,9)10/h3H,2H2,1H3,(H2,11,12,13,14). The second-order valence-electron chi connectivity index (χ2n) is 2.40.